The lowest BCUT2D eigenvalue weighted by Gasteiger charge is -2.37. The van der Waals surface area contributed by atoms with Crippen LogP contribution in [-0.4, -0.2) is 60.1 Å². The highest BCUT2D eigenvalue weighted by Gasteiger charge is 2.19. The van der Waals surface area contributed by atoms with Gasteiger partial charge in [0.05, 0.1) is 5.69 Å². The Bertz CT molecular complexity index is 360. The maximum absolute atomic E-state index is 4.32. The maximum atomic E-state index is 4.32. The van der Waals surface area contributed by atoms with Gasteiger partial charge in [-0.05, 0) is 25.5 Å². The predicted octanol–water partition coefficient (Wildman–Crippen LogP) is 1.59. The van der Waals surface area contributed by atoms with Gasteiger partial charge < -0.3 is 5.32 Å². The van der Waals surface area contributed by atoms with Gasteiger partial charge in [0, 0.05) is 58.1 Å². The first-order chi connectivity index (χ1) is 9.79. The Labute approximate surface area is 123 Å². The zero-order valence-electron chi connectivity index (χ0n) is 12.9. The van der Waals surface area contributed by atoms with E-state index in [9.17, 15) is 0 Å². The van der Waals surface area contributed by atoms with Crippen molar-refractivity contribution in [3.63, 3.8) is 0 Å². The first-order valence-corrected chi connectivity index (χ1v) is 7.86. The molecule has 4 heteroatoms. The largest absolute Gasteiger partial charge is 0.310 e. The summed E-state index contributed by atoms with van der Waals surface area (Å²) in [5.41, 5.74) is 1.12. The molecule has 2 rings (SSSR count). The van der Waals surface area contributed by atoms with Crippen molar-refractivity contribution in [3.05, 3.63) is 30.1 Å². The molecule has 1 aliphatic rings. The van der Waals surface area contributed by atoms with E-state index >= 15 is 0 Å². The quantitative estimate of drug-likeness (QED) is 0.766. The Morgan fingerprint density at radius 3 is 2.70 bits per heavy atom. The fourth-order valence-electron chi connectivity index (χ4n) is 2.64. The average molecular weight is 276 g/mol. The SMILES string of the molecule is CCC(C)N1CCN(CCNCc2ccccn2)CC1. The van der Waals surface area contributed by atoms with Crippen molar-refractivity contribution in [3.8, 4) is 0 Å². The van der Waals surface area contributed by atoms with Gasteiger partial charge in [-0.25, -0.2) is 0 Å². The minimum absolute atomic E-state index is 0.736. The Hall–Kier alpha value is -0.970. The van der Waals surface area contributed by atoms with Crippen LogP contribution in [-0.2, 0) is 6.54 Å². The van der Waals surface area contributed by atoms with E-state index in [-0.39, 0.29) is 0 Å². The summed E-state index contributed by atoms with van der Waals surface area (Å²) >= 11 is 0. The Morgan fingerprint density at radius 2 is 2.05 bits per heavy atom. The van der Waals surface area contributed by atoms with Crippen molar-refractivity contribution in [1.29, 1.82) is 0 Å². The van der Waals surface area contributed by atoms with Gasteiger partial charge in [-0.2, -0.15) is 0 Å². The van der Waals surface area contributed by atoms with E-state index in [4.69, 9.17) is 0 Å². The van der Waals surface area contributed by atoms with E-state index in [0.717, 1.165) is 31.4 Å². The second-order valence-corrected chi connectivity index (χ2v) is 5.63. The predicted molar refractivity (Wildman–Crippen MR) is 83.7 cm³/mol. The van der Waals surface area contributed by atoms with Crippen molar-refractivity contribution in [2.24, 2.45) is 0 Å². The molecule has 0 aliphatic carbocycles. The number of rotatable bonds is 7. The van der Waals surface area contributed by atoms with Gasteiger partial charge in [0.25, 0.3) is 0 Å². The standard InChI is InChI=1S/C16H28N4/c1-3-15(2)20-12-10-19(11-13-20)9-8-17-14-16-6-4-5-7-18-16/h4-7,15,17H,3,8-14H2,1-2H3. The summed E-state index contributed by atoms with van der Waals surface area (Å²) in [7, 11) is 0. The van der Waals surface area contributed by atoms with Gasteiger partial charge in [-0.1, -0.05) is 13.0 Å². The maximum Gasteiger partial charge on any atom is 0.0541 e. The second-order valence-electron chi connectivity index (χ2n) is 5.63. The number of nitrogens with zero attached hydrogens (tertiary/aromatic N) is 3. The summed E-state index contributed by atoms with van der Waals surface area (Å²) in [4.78, 5) is 9.49. The molecule has 0 saturated carbocycles. The molecule has 0 bridgehead atoms. The van der Waals surface area contributed by atoms with Gasteiger partial charge in [-0.15, -0.1) is 0 Å². The molecule has 1 unspecified atom stereocenters. The van der Waals surface area contributed by atoms with Gasteiger partial charge in [0.1, 0.15) is 0 Å². The summed E-state index contributed by atoms with van der Waals surface area (Å²) in [6.07, 6.45) is 3.11. The third kappa shape index (κ3) is 4.85. The second kappa shape index (κ2) is 8.35. The fraction of sp³-hybridized carbons (Fsp3) is 0.688. The number of piperazine rings is 1. The van der Waals surface area contributed by atoms with E-state index in [0.29, 0.717) is 0 Å². The van der Waals surface area contributed by atoms with Crippen LogP contribution >= 0.6 is 0 Å². The third-order valence-corrected chi connectivity index (χ3v) is 4.26. The molecule has 1 N–H and O–H groups in total. The summed E-state index contributed by atoms with van der Waals surface area (Å²) in [5.74, 6) is 0. The molecular formula is C16H28N4. The van der Waals surface area contributed by atoms with Crippen LogP contribution in [0, 0.1) is 0 Å². The highest BCUT2D eigenvalue weighted by Crippen LogP contribution is 2.08. The lowest BCUT2D eigenvalue weighted by molar-refractivity contribution is 0.101. The zero-order valence-corrected chi connectivity index (χ0v) is 12.9. The highest BCUT2D eigenvalue weighted by atomic mass is 15.3. The lowest BCUT2D eigenvalue weighted by atomic mass is 10.2. The van der Waals surface area contributed by atoms with Crippen molar-refractivity contribution in [2.75, 3.05) is 39.3 Å². The molecule has 4 nitrogen and oxygen atoms in total. The lowest BCUT2D eigenvalue weighted by Crippen LogP contribution is -2.50. The van der Waals surface area contributed by atoms with Gasteiger partial charge in [0.15, 0.2) is 0 Å². The van der Waals surface area contributed by atoms with E-state index in [1.54, 1.807) is 0 Å². The van der Waals surface area contributed by atoms with Crippen molar-refractivity contribution >= 4 is 0 Å². The molecule has 0 spiro atoms. The molecule has 1 aliphatic heterocycles. The summed E-state index contributed by atoms with van der Waals surface area (Å²) < 4.78 is 0. The molecule has 0 radical (unpaired) electrons. The fourth-order valence-corrected chi connectivity index (χ4v) is 2.64. The molecule has 1 aromatic rings. The molecule has 1 saturated heterocycles. The van der Waals surface area contributed by atoms with Crippen molar-refractivity contribution in [1.82, 2.24) is 20.1 Å². The van der Waals surface area contributed by atoms with Crippen molar-refractivity contribution in [2.45, 2.75) is 32.9 Å². The Kier molecular flexibility index (Phi) is 6.43. The normalized spacial score (nSPS) is 19.1. The number of aromatic nitrogens is 1. The van der Waals surface area contributed by atoms with E-state index in [1.807, 2.05) is 18.3 Å². The van der Waals surface area contributed by atoms with E-state index < -0.39 is 0 Å². The van der Waals surface area contributed by atoms with Crippen LogP contribution in [0.15, 0.2) is 24.4 Å². The zero-order chi connectivity index (χ0) is 14.2. The number of hydrogen-bond donors (Lipinski definition) is 1. The molecular weight excluding hydrogens is 248 g/mol. The van der Waals surface area contributed by atoms with Gasteiger partial charge in [-0.3, -0.25) is 14.8 Å². The summed E-state index contributed by atoms with van der Waals surface area (Å²) in [5, 5.41) is 3.48. The first kappa shape index (κ1) is 15.4. The molecule has 1 aromatic heterocycles. The van der Waals surface area contributed by atoms with E-state index in [1.165, 1.54) is 32.6 Å². The van der Waals surface area contributed by atoms with Crippen molar-refractivity contribution < 1.29 is 0 Å². The van der Waals surface area contributed by atoms with Crippen LogP contribution in [0.4, 0.5) is 0 Å². The topological polar surface area (TPSA) is 31.4 Å². The Morgan fingerprint density at radius 1 is 1.25 bits per heavy atom. The molecule has 2 heterocycles. The van der Waals surface area contributed by atoms with Crippen LogP contribution in [0.25, 0.3) is 0 Å². The smallest absolute Gasteiger partial charge is 0.0541 e. The van der Waals surface area contributed by atoms with E-state index in [2.05, 4.69) is 40.0 Å². The molecule has 20 heavy (non-hydrogen) atoms. The first-order valence-electron chi connectivity index (χ1n) is 7.86. The molecule has 1 fully saturated rings. The minimum Gasteiger partial charge on any atom is -0.310 e. The summed E-state index contributed by atoms with van der Waals surface area (Å²) in [6.45, 7) is 12.5. The number of hydrogen-bond acceptors (Lipinski definition) is 4. The number of pyridine rings is 1. The minimum atomic E-state index is 0.736. The van der Waals surface area contributed by atoms with Gasteiger partial charge in [0.2, 0.25) is 0 Å². The summed E-state index contributed by atoms with van der Waals surface area (Å²) in [6, 6.07) is 6.80. The highest BCUT2D eigenvalue weighted by molar-refractivity contribution is 5.02. The van der Waals surface area contributed by atoms with Gasteiger partial charge >= 0.3 is 0 Å². The van der Waals surface area contributed by atoms with Crippen LogP contribution in [0.2, 0.25) is 0 Å². The molecule has 112 valence electrons. The monoisotopic (exact) mass is 276 g/mol. The van der Waals surface area contributed by atoms with Crippen LogP contribution < -0.4 is 5.32 Å². The molecule has 0 aromatic carbocycles. The average Bonchev–Trinajstić information content (AvgIpc) is 2.52. The number of nitrogens with one attached hydrogen (secondary N) is 1. The van der Waals surface area contributed by atoms with Crippen LogP contribution in [0.1, 0.15) is 26.0 Å². The van der Waals surface area contributed by atoms with Crippen LogP contribution in [0.3, 0.4) is 0 Å². The third-order valence-electron chi connectivity index (χ3n) is 4.26. The Balaban J connectivity index is 1.57. The van der Waals surface area contributed by atoms with Crippen LogP contribution in [0.5, 0.6) is 0 Å². The molecule has 0 amide bonds. The molecule has 1 atom stereocenters.